The normalized spacial score (nSPS) is 11.6. The Balaban J connectivity index is 2.14. The number of nitrogen functional groups attached to an aromatic ring is 1. The Morgan fingerprint density at radius 2 is 1.70 bits per heavy atom. The van der Waals surface area contributed by atoms with Crippen LogP contribution in [0, 0.1) is 0 Å². The molecule has 0 saturated carbocycles. The molecule has 27 heavy (non-hydrogen) atoms. The average molecular weight is 395 g/mol. The van der Waals surface area contributed by atoms with Crippen molar-refractivity contribution in [3.63, 3.8) is 0 Å². The molecule has 9 heteroatoms. The lowest BCUT2D eigenvalue weighted by Crippen LogP contribution is -2.06. The summed E-state index contributed by atoms with van der Waals surface area (Å²) in [7, 11) is 1.58. The molecule has 2 N–H and O–H groups in total. The van der Waals surface area contributed by atoms with Gasteiger partial charge in [0, 0.05) is 23.3 Å². The van der Waals surface area contributed by atoms with Gasteiger partial charge in [-0.25, -0.2) is 4.98 Å². The lowest BCUT2D eigenvalue weighted by Gasteiger charge is -2.12. The molecule has 0 radical (unpaired) electrons. The van der Waals surface area contributed by atoms with Crippen LogP contribution < -0.4 is 5.73 Å². The highest BCUT2D eigenvalue weighted by Crippen LogP contribution is 2.36. The molecule has 0 aliphatic heterocycles. The monoisotopic (exact) mass is 394 g/mol. The van der Waals surface area contributed by atoms with Gasteiger partial charge in [-0.15, -0.1) is 10.2 Å². The fourth-order valence-electron chi connectivity index (χ4n) is 2.55. The molecule has 140 valence electrons. The minimum absolute atomic E-state index is 0.0696. The molecule has 5 nitrogen and oxygen atoms in total. The predicted molar refractivity (Wildman–Crippen MR) is 95.8 cm³/mol. The molecule has 3 rings (SSSR count). The van der Waals surface area contributed by atoms with E-state index >= 15 is 0 Å². The summed E-state index contributed by atoms with van der Waals surface area (Å²) in [4.78, 5) is 4.17. The Hall–Kier alpha value is -2.71. The summed E-state index contributed by atoms with van der Waals surface area (Å²) in [6, 6.07) is 10.3. The molecule has 0 atom stereocenters. The van der Waals surface area contributed by atoms with Gasteiger partial charge in [0.25, 0.3) is 0 Å². The summed E-state index contributed by atoms with van der Waals surface area (Å²) in [5.74, 6) is -0.0900. The molecule has 0 unspecified atom stereocenters. The molecule has 1 heterocycles. The highest BCUT2D eigenvalue weighted by molar-refractivity contribution is 6.31. The zero-order valence-corrected chi connectivity index (χ0v) is 14.8. The summed E-state index contributed by atoms with van der Waals surface area (Å²) in [6.07, 6.45) is -4.55. The minimum atomic E-state index is -4.55. The molecular weight excluding hydrogens is 381 g/mol. The van der Waals surface area contributed by atoms with Crippen LogP contribution in [-0.4, -0.2) is 22.3 Å². The van der Waals surface area contributed by atoms with Gasteiger partial charge in [-0.2, -0.15) is 13.2 Å². The number of aromatic nitrogens is 3. The van der Waals surface area contributed by atoms with Gasteiger partial charge in [0.1, 0.15) is 11.4 Å². The third kappa shape index (κ3) is 4.35. The standard InChI is InChI=1S/C18H14ClF3N4O/c1-27-9-10-2-4-11(5-3-10)15-16(25-26-17(23)24-15)12-6-13(18(20,21)22)8-14(19)7-12/h2-8H,9H2,1H3,(H2,23,24,26). The highest BCUT2D eigenvalue weighted by Gasteiger charge is 2.31. The van der Waals surface area contributed by atoms with E-state index in [1.54, 1.807) is 19.2 Å². The van der Waals surface area contributed by atoms with Gasteiger partial charge in [0.05, 0.1) is 12.2 Å². The predicted octanol–water partition coefficient (Wildman–Crippen LogP) is 4.61. The number of benzene rings is 2. The van der Waals surface area contributed by atoms with Crippen molar-refractivity contribution in [1.29, 1.82) is 0 Å². The Bertz CT molecular complexity index is 962. The first-order chi connectivity index (χ1) is 12.8. The highest BCUT2D eigenvalue weighted by atomic mass is 35.5. The quantitative estimate of drug-likeness (QED) is 0.699. The van der Waals surface area contributed by atoms with Gasteiger partial charge in [-0.1, -0.05) is 35.9 Å². The smallest absolute Gasteiger partial charge is 0.380 e. The van der Waals surface area contributed by atoms with E-state index in [1.165, 1.54) is 6.07 Å². The summed E-state index contributed by atoms with van der Waals surface area (Å²) < 4.78 is 44.4. The van der Waals surface area contributed by atoms with Crippen molar-refractivity contribution in [2.45, 2.75) is 12.8 Å². The third-order valence-electron chi connectivity index (χ3n) is 3.74. The zero-order chi connectivity index (χ0) is 19.6. The number of rotatable bonds is 4. The van der Waals surface area contributed by atoms with Gasteiger partial charge in [0.15, 0.2) is 0 Å². The molecule has 0 bridgehead atoms. The number of nitrogens with zero attached hydrogens (tertiary/aromatic N) is 3. The summed E-state index contributed by atoms with van der Waals surface area (Å²) in [6.45, 7) is 0.431. The van der Waals surface area contributed by atoms with E-state index in [2.05, 4.69) is 15.2 Å². The van der Waals surface area contributed by atoms with Crippen LogP contribution in [0.3, 0.4) is 0 Å². The van der Waals surface area contributed by atoms with Gasteiger partial charge >= 0.3 is 6.18 Å². The molecule has 2 aromatic carbocycles. The van der Waals surface area contributed by atoms with Crippen LogP contribution in [0.4, 0.5) is 19.1 Å². The molecule has 0 fully saturated rings. The van der Waals surface area contributed by atoms with Gasteiger partial charge < -0.3 is 10.5 Å². The molecular formula is C18H14ClF3N4O. The van der Waals surface area contributed by atoms with Crippen molar-refractivity contribution in [2.75, 3.05) is 12.8 Å². The molecule has 1 aromatic heterocycles. The summed E-state index contributed by atoms with van der Waals surface area (Å²) in [5, 5.41) is 7.57. The summed E-state index contributed by atoms with van der Waals surface area (Å²) >= 11 is 5.88. The first kappa shape index (κ1) is 19.1. The molecule has 0 amide bonds. The molecule has 0 aliphatic carbocycles. The second kappa shape index (κ2) is 7.50. The van der Waals surface area contributed by atoms with Crippen molar-refractivity contribution < 1.29 is 17.9 Å². The largest absolute Gasteiger partial charge is 0.416 e. The lowest BCUT2D eigenvalue weighted by atomic mass is 10.0. The topological polar surface area (TPSA) is 73.9 Å². The van der Waals surface area contributed by atoms with Crippen LogP contribution in [0.15, 0.2) is 42.5 Å². The van der Waals surface area contributed by atoms with E-state index < -0.39 is 11.7 Å². The maximum Gasteiger partial charge on any atom is 0.416 e. The number of anilines is 1. The van der Waals surface area contributed by atoms with E-state index in [1.807, 2.05) is 12.1 Å². The zero-order valence-electron chi connectivity index (χ0n) is 14.1. The molecule has 3 aromatic rings. The molecule has 0 saturated heterocycles. The van der Waals surface area contributed by atoms with Crippen LogP contribution in [-0.2, 0) is 17.5 Å². The third-order valence-corrected chi connectivity index (χ3v) is 3.96. The van der Waals surface area contributed by atoms with E-state index in [0.717, 1.165) is 17.7 Å². The number of methoxy groups -OCH3 is 1. The Morgan fingerprint density at radius 1 is 1.00 bits per heavy atom. The number of halogens is 4. The van der Waals surface area contributed by atoms with Crippen LogP contribution in [0.1, 0.15) is 11.1 Å². The summed E-state index contributed by atoms with van der Waals surface area (Å²) in [5.41, 5.74) is 6.91. The Labute approximate surface area is 158 Å². The number of ether oxygens (including phenoxy) is 1. The fourth-order valence-corrected chi connectivity index (χ4v) is 2.78. The Kier molecular flexibility index (Phi) is 5.29. The van der Waals surface area contributed by atoms with Crippen molar-refractivity contribution >= 4 is 17.5 Å². The molecule has 0 aliphatic rings. The van der Waals surface area contributed by atoms with Gasteiger partial charge in [0.2, 0.25) is 5.95 Å². The van der Waals surface area contributed by atoms with Gasteiger partial charge in [-0.3, -0.25) is 0 Å². The Morgan fingerprint density at radius 3 is 2.33 bits per heavy atom. The van der Waals surface area contributed by atoms with Gasteiger partial charge in [-0.05, 0) is 23.8 Å². The average Bonchev–Trinajstić information content (AvgIpc) is 2.61. The second-order valence-electron chi connectivity index (χ2n) is 5.72. The SMILES string of the molecule is COCc1ccc(-c2nc(N)nnc2-c2cc(Cl)cc(C(F)(F)F)c2)cc1. The van der Waals surface area contributed by atoms with E-state index in [4.69, 9.17) is 22.1 Å². The first-order valence-electron chi connectivity index (χ1n) is 7.74. The van der Waals surface area contributed by atoms with Crippen molar-refractivity contribution in [3.05, 3.63) is 58.6 Å². The van der Waals surface area contributed by atoms with E-state index in [-0.39, 0.29) is 22.2 Å². The maximum atomic E-state index is 13.1. The van der Waals surface area contributed by atoms with E-state index in [0.29, 0.717) is 17.9 Å². The van der Waals surface area contributed by atoms with Crippen LogP contribution in [0.2, 0.25) is 5.02 Å². The van der Waals surface area contributed by atoms with Crippen molar-refractivity contribution in [3.8, 4) is 22.5 Å². The minimum Gasteiger partial charge on any atom is -0.380 e. The van der Waals surface area contributed by atoms with Crippen molar-refractivity contribution in [2.24, 2.45) is 0 Å². The van der Waals surface area contributed by atoms with E-state index in [9.17, 15) is 13.2 Å². The van der Waals surface area contributed by atoms with Crippen LogP contribution in [0.25, 0.3) is 22.5 Å². The first-order valence-corrected chi connectivity index (χ1v) is 8.12. The second-order valence-corrected chi connectivity index (χ2v) is 6.16. The lowest BCUT2D eigenvalue weighted by molar-refractivity contribution is -0.137. The van der Waals surface area contributed by atoms with Crippen molar-refractivity contribution in [1.82, 2.24) is 15.2 Å². The number of nitrogens with two attached hydrogens (primary N) is 1. The molecule has 0 spiro atoms. The number of hydrogen-bond donors (Lipinski definition) is 1. The number of hydrogen-bond acceptors (Lipinski definition) is 5. The van der Waals surface area contributed by atoms with Crippen LogP contribution in [0.5, 0.6) is 0 Å². The van der Waals surface area contributed by atoms with Crippen LogP contribution >= 0.6 is 11.6 Å². The number of alkyl halides is 3. The maximum absolute atomic E-state index is 13.1. The fraction of sp³-hybridized carbons (Fsp3) is 0.167.